The van der Waals surface area contributed by atoms with Crippen molar-refractivity contribution in [2.45, 2.75) is 6.92 Å². The number of carbonyl (C=O) groups is 2. The molecule has 12 heavy (non-hydrogen) atoms. The topological polar surface area (TPSA) is 67.2 Å². The first-order valence-corrected chi connectivity index (χ1v) is 3.09. The molecular weight excluding hydrogens is 158 g/mol. The molecule has 0 amide bonds. The minimum atomic E-state index is -1.01. The molecule has 62 valence electrons. The van der Waals surface area contributed by atoms with Crippen molar-refractivity contribution in [1.29, 1.82) is 5.26 Å². The molecule has 0 rings (SSSR count). The largest absolute Gasteiger partial charge is 0.386 e. The highest BCUT2D eigenvalue weighted by molar-refractivity contribution is 6.01. The van der Waals surface area contributed by atoms with E-state index in [9.17, 15) is 9.59 Å². The molecule has 0 aromatic heterocycles. The van der Waals surface area contributed by atoms with Crippen molar-refractivity contribution in [2.24, 2.45) is 0 Å². The minimum absolute atomic E-state index is 0.396. The fourth-order valence-electron chi connectivity index (χ4n) is 0.369. The van der Waals surface area contributed by atoms with Crippen molar-refractivity contribution in [2.75, 3.05) is 0 Å². The molecule has 0 radical (unpaired) electrons. The van der Waals surface area contributed by atoms with Crippen molar-refractivity contribution in [1.82, 2.24) is 0 Å². The van der Waals surface area contributed by atoms with Crippen molar-refractivity contribution in [3.8, 4) is 6.07 Å². The quantitative estimate of drug-likeness (QED) is 0.261. The summed E-state index contributed by atoms with van der Waals surface area (Å²) >= 11 is 0. The zero-order valence-corrected chi connectivity index (χ0v) is 6.53. The van der Waals surface area contributed by atoms with Gasteiger partial charge in [0, 0.05) is 6.08 Å². The number of allylic oxidation sites excluding steroid dienone is 1. The average molecular weight is 165 g/mol. The Hall–Kier alpha value is -1.89. The van der Waals surface area contributed by atoms with E-state index in [0.29, 0.717) is 0 Å². The fraction of sp³-hybridized carbons (Fsp3) is 0.125. The van der Waals surface area contributed by atoms with Crippen LogP contribution in [0.5, 0.6) is 0 Å². The van der Waals surface area contributed by atoms with E-state index in [0.717, 1.165) is 6.08 Å². The van der Waals surface area contributed by atoms with E-state index in [1.807, 2.05) is 0 Å². The summed E-state index contributed by atoms with van der Waals surface area (Å²) in [5.41, 5.74) is -0.396. The molecule has 0 bridgehead atoms. The molecular formula is C8H7NO3. The molecule has 0 saturated heterocycles. The van der Waals surface area contributed by atoms with Crippen LogP contribution < -0.4 is 0 Å². The standard InChI is InChI=1S/C8H7NO3/c1-3-4-7(10)12-8(11)6(2)5-9/h3-4H,2H2,1H3. The van der Waals surface area contributed by atoms with Crippen molar-refractivity contribution in [3.63, 3.8) is 0 Å². The van der Waals surface area contributed by atoms with Crippen molar-refractivity contribution < 1.29 is 14.3 Å². The van der Waals surface area contributed by atoms with Crippen LogP contribution in [0.25, 0.3) is 0 Å². The highest BCUT2D eigenvalue weighted by atomic mass is 16.6. The van der Waals surface area contributed by atoms with Gasteiger partial charge in [-0.3, -0.25) is 0 Å². The maximum absolute atomic E-state index is 10.7. The molecule has 0 aromatic carbocycles. The molecule has 0 spiro atoms. The van der Waals surface area contributed by atoms with E-state index < -0.39 is 17.5 Å². The average Bonchev–Trinajstić information content (AvgIpc) is 2.03. The van der Waals surface area contributed by atoms with Gasteiger partial charge in [0.15, 0.2) is 0 Å². The first kappa shape index (κ1) is 10.1. The van der Waals surface area contributed by atoms with Gasteiger partial charge in [-0.15, -0.1) is 0 Å². The Morgan fingerprint density at radius 1 is 1.58 bits per heavy atom. The molecule has 0 aliphatic carbocycles. The number of ether oxygens (including phenoxy) is 1. The second kappa shape index (κ2) is 4.85. The molecule has 0 saturated carbocycles. The maximum Gasteiger partial charge on any atom is 0.356 e. The Labute approximate surface area is 69.7 Å². The Balaban J connectivity index is 4.13. The Morgan fingerprint density at radius 3 is 2.58 bits per heavy atom. The molecule has 0 atom stereocenters. The van der Waals surface area contributed by atoms with Gasteiger partial charge in [0.2, 0.25) is 0 Å². The van der Waals surface area contributed by atoms with Gasteiger partial charge < -0.3 is 4.74 Å². The Kier molecular flexibility index (Phi) is 4.09. The fourth-order valence-corrected chi connectivity index (χ4v) is 0.369. The third kappa shape index (κ3) is 3.32. The summed E-state index contributed by atoms with van der Waals surface area (Å²) in [4.78, 5) is 21.3. The van der Waals surface area contributed by atoms with E-state index in [1.165, 1.54) is 12.1 Å². The number of rotatable bonds is 2. The van der Waals surface area contributed by atoms with Crippen LogP contribution in [0.15, 0.2) is 24.3 Å². The van der Waals surface area contributed by atoms with Gasteiger partial charge in [-0.05, 0) is 6.92 Å². The summed E-state index contributed by atoms with van der Waals surface area (Å²) in [6, 6.07) is 1.47. The molecule has 0 aliphatic heterocycles. The lowest BCUT2D eigenvalue weighted by Gasteiger charge is -1.94. The number of carbonyl (C=O) groups excluding carboxylic acids is 2. The first-order chi connectivity index (χ1) is 5.61. The minimum Gasteiger partial charge on any atom is -0.386 e. The lowest BCUT2D eigenvalue weighted by Crippen LogP contribution is -2.10. The number of hydrogen-bond donors (Lipinski definition) is 0. The zero-order chi connectivity index (χ0) is 9.56. The first-order valence-electron chi connectivity index (χ1n) is 3.09. The van der Waals surface area contributed by atoms with E-state index in [-0.39, 0.29) is 0 Å². The van der Waals surface area contributed by atoms with Crippen LogP contribution in [-0.2, 0) is 14.3 Å². The van der Waals surface area contributed by atoms with Gasteiger partial charge >= 0.3 is 11.9 Å². The summed E-state index contributed by atoms with van der Waals surface area (Å²) < 4.78 is 4.16. The lowest BCUT2D eigenvalue weighted by atomic mass is 10.3. The molecule has 0 unspecified atom stereocenters. The summed E-state index contributed by atoms with van der Waals surface area (Å²) in [7, 11) is 0. The van der Waals surface area contributed by atoms with Crippen LogP contribution in [-0.4, -0.2) is 11.9 Å². The molecule has 0 aromatic rings. The summed E-state index contributed by atoms with van der Waals surface area (Å²) in [5.74, 6) is -1.82. The lowest BCUT2D eigenvalue weighted by molar-refractivity contribution is -0.152. The van der Waals surface area contributed by atoms with Crippen LogP contribution in [0, 0.1) is 11.3 Å². The second-order valence-electron chi connectivity index (χ2n) is 1.80. The molecule has 4 nitrogen and oxygen atoms in total. The Bertz CT molecular complexity index is 283. The third-order valence-corrected chi connectivity index (χ3v) is 0.877. The van der Waals surface area contributed by atoms with Crippen LogP contribution in [0.2, 0.25) is 0 Å². The summed E-state index contributed by atoms with van der Waals surface area (Å²) in [6.07, 6.45) is 2.49. The van der Waals surface area contributed by atoms with Crippen molar-refractivity contribution >= 4 is 11.9 Å². The van der Waals surface area contributed by atoms with Crippen LogP contribution in [0.3, 0.4) is 0 Å². The molecule has 4 heteroatoms. The zero-order valence-electron chi connectivity index (χ0n) is 6.53. The predicted octanol–water partition coefficient (Wildman–Crippen LogP) is 0.712. The SMILES string of the molecule is C=C(C#N)C(=O)OC(=O)C=CC. The van der Waals surface area contributed by atoms with Gasteiger partial charge in [-0.2, -0.15) is 5.26 Å². The number of nitriles is 1. The van der Waals surface area contributed by atoms with E-state index in [4.69, 9.17) is 5.26 Å². The van der Waals surface area contributed by atoms with Crippen LogP contribution >= 0.6 is 0 Å². The number of hydrogen-bond acceptors (Lipinski definition) is 4. The van der Waals surface area contributed by atoms with Gasteiger partial charge in [0.25, 0.3) is 0 Å². The van der Waals surface area contributed by atoms with E-state index in [2.05, 4.69) is 11.3 Å². The summed E-state index contributed by atoms with van der Waals surface area (Å²) in [6.45, 7) is 4.68. The maximum atomic E-state index is 10.7. The van der Waals surface area contributed by atoms with Crippen LogP contribution in [0.1, 0.15) is 6.92 Å². The van der Waals surface area contributed by atoms with E-state index >= 15 is 0 Å². The van der Waals surface area contributed by atoms with Gasteiger partial charge in [0.05, 0.1) is 0 Å². The van der Waals surface area contributed by atoms with Gasteiger partial charge in [-0.1, -0.05) is 12.7 Å². The number of esters is 2. The molecule has 0 aliphatic rings. The highest BCUT2D eigenvalue weighted by Gasteiger charge is 2.10. The van der Waals surface area contributed by atoms with Gasteiger partial charge in [0.1, 0.15) is 11.6 Å². The number of nitrogens with zero attached hydrogens (tertiary/aromatic N) is 1. The molecule has 0 heterocycles. The monoisotopic (exact) mass is 165 g/mol. The van der Waals surface area contributed by atoms with Crippen LogP contribution in [0.4, 0.5) is 0 Å². The second-order valence-corrected chi connectivity index (χ2v) is 1.80. The predicted molar refractivity (Wildman–Crippen MR) is 40.7 cm³/mol. The Morgan fingerprint density at radius 2 is 2.17 bits per heavy atom. The smallest absolute Gasteiger partial charge is 0.356 e. The normalized spacial score (nSPS) is 9.00. The molecule has 0 N–H and O–H groups in total. The van der Waals surface area contributed by atoms with Crippen molar-refractivity contribution in [3.05, 3.63) is 24.3 Å². The molecule has 0 fully saturated rings. The third-order valence-electron chi connectivity index (χ3n) is 0.877. The van der Waals surface area contributed by atoms with E-state index in [1.54, 1.807) is 6.92 Å². The highest BCUT2D eigenvalue weighted by Crippen LogP contribution is 1.93. The summed E-state index contributed by atoms with van der Waals surface area (Å²) in [5, 5.41) is 8.17. The van der Waals surface area contributed by atoms with Gasteiger partial charge in [-0.25, -0.2) is 9.59 Å².